The first kappa shape index (κ1) is 22.8. The number of rotatable bonds is 4. The first-order valence-electron chi connectivity index (χ1n) is 9.58. The highest BCUT2D eigenvalue weighted by Gasteiger charge is 2.32. The van der Waals surface area contributed by atoms with Crippen molar-refractivity contribution in [1.29, 1.82) is 0 Å². The van der Waals surface area contributed by atoms with Gasteiger partial charge in [-0.3, -0.25) is 9.59 Å². The number of alkyl halides is 3. The Hall–Kier alpha value is -3.37. The van der Waals surface area contributed by atoms with Gasteiger partial charge in [0, 0.05) is 22.9 Å². The largest absolute Gasteiger partial charge is 0.433 e. The van der Waals surface area contributed by atoms with Crippen LogP contribution in [-0.2, 0) is 15.8 Å². The third kappa shape index (κ3) is 5.35. The van der Waals surface area contributed by atoms with Crippen LogP contribution in [0, 0.1) is 0 Å². The fraction of sp³-hybridized carbons (Fsp3) is 0.0870. The van der Waals surface area contributed by atoms with E-state index in [1.165, 1.54) is 47.2 Å². The number of aromatic nitrogens is 1. The number of carbonyl (C=O) groups excluding carboxylic acids is 2. The first-order chi connectivity index (χ1) is 15.7. The Morgan fingerprint density at radius 1 is 1.18 bits per heavy atom. The average molecular weight is 488 g/mol. The number of hydrogen-bond donors (Lipinski definition) is 1. The Balaban J connectivity index is 1.43. The van der Waals surface area contributed by atoms with Crippen molar-refractivity contribution < 1.29 is 22.8 Å². The first-order valence-corrected chi connectivity index (χ1v) is 11.3. The number of likely N-dealkylation sites (N-methyl/N-ethyl adjacent to an activating group) is 1. The number of thioether (sulfide) groups is 1. The number of thiophene rings is 1. The van der Waals surface area contributed by atoms with Gasteiger partial charge in [0.15, 0.2) is 0 Å². The Bertz CT molecular complexity index is 1260. The number of hydrogen-bond acceptors (Lipinski definition) is 5. The number of amides is 2. The predicted octanol–water partition coefficient (Wildman–Crippen LogP) is 5.92. The Morgan fingerprint density at radius 2 is 1.97 bits per heavy atom. The molecule has 1 aliphatic heterocycles. The third-order valence-electron chi connectivity index (χ3n) is 4.67. The zero-order valence-corrected chi connectivity index (χ0v) is 18.7. The van der Waals surface area contributed by atoms with Gasteiger partial charge in [-0.05, 0) is 53.4 Å². The van der Waals surface area contributed by atoms with E-state index < -0.39 is 17.8 Å². The fourth-order valence-corrected chi connectivity index (χ4v) is 4.75. The molecule has 1 aromatic carbocycles. The number of benzene rings is 1. The summed E-state index contributed by atoms with van der Waals surface area (Å²) in [4.78, 5) is 31.7. The third-order valence-corrected chi connectivity index (χ3v) is 6.66. The van der Waals surface area contributed by atoms with E-state index in [1.807, 2.05) is 35.7 Å². The van der Waals surface area contributed by atoms with Gasteiger partial charge in [0.1, 0.15) is 5.69 Å². The highest BCUT2D eigenvalue weighted by Crippen LogP contribution is 2.39. The van der Waals surface area contributed by atoms with Crippen LogP contribution < -0.4 is 10.2 Å². The minimum atomic E-state index is -4.53. The molecule has 0 spiro atoms. The summed E-state index contributed by atoms with van der Waals surface area (Å²) < 4.78 is 37.9. The molecule has 1 N–H and O–H groups in total. The summed E-state index contributed by atoms with van der Waals surface area (Å²) in [5.74, 6) is -0.590. The maximum Gasteiger partial charge on any atom is 0.433 e. The summed E-state index contributed by atoms with van der Waals surface area (Å²) in [5.41, 5.74) is 0.774. The zero-order valence-electron chi connectivity index (χ0n) is 17.1. The maximum atomic E-state index is 12.6. The number of anilines is 2. The smallest absolute Gasteiger partial charge is 0.320 e. The zero-order chi connectivity index (χ0) is 23.6. The van der Waals surface area contributed by atoms with Crippen molar-refractivity contribution in [2.45, 2.75) is 11.1 Å². The van der Waals surface area contributed by atoms with E-state index >= 15 is 0 Å². The average Bonchev–Trinajstić information content (AvgIpc) is 3.24. The number of nitrogens with one attached hydrogen (secondary N) is 1. The highest BCUT2D eigenvalue weighted by atomic mass is 32.2. The molecule has 0 saturated carbocycles. The van der Waals surface area contributed by atoms with E-state index in [-0.39, 0.29) is 11.6 Å². The summed E-state index contributed by atoms with van der Waals surface area (Å²) >= 11 is 2.82. The number of fused-ring (bicyclic) bond motifs is 1. The number of carbonyl (C=O) groups is 2. The van der Waals surface area contributed by atoms with Crippen LogP contribution in [0.4, 0.5) is 24.5 Å². The van der Waals surface area contributed by atoms with Crippen LogP contribution in [0.3, 0.4) is 0 Å². The fourth-order valence-electron chi connectivity index (χ4n) is 2.92. The molecule has 2 amide bonds. The topological polar surface area (TPSA) is 62.3 Å². The van der Waals surface area contributed by atoms with E-state index in [2.05, 4.69) is 10.3 Å². The van der Waals surface area contributed by atoms with E-state index in [0.29, 0.717) is 4.91 Å². The monoisotopic (exact) mass is 487 g/mol. The molecule has 0 aliphatic carbocycles. The standard InChI is InChI=1S/C23H16F3N3O2S2/c1-29(15-7-8-20(27-12-15)23(24,25)26)21(30)9-6-14-10-16(32-13-14)11-19-22(31)28-17-4-2-3-5-18(17)33-19/h2-13H,1H3,(H,28,31)/b9-6+,19-11+. The summed E-state index contributed by atoms with van der Waals surface area (Å²) in [6.45, 7) is 0. The Kier molecular flexibility index (Phi) is 6.39. The van der Waals surface area contributed by atoms with Crippen LogP contribution in [0.5, 0.6) is 0 Å². The molecule has 2 aromatic heterocycles. The molecule has 4 rings (SSSR count). The molecule has 1 aliphatic rings. The minimum Gasteiger partial charge on any atom is -0.320 e. The highest BCUT2D eigenvalue weighted by molar-refractivity contribution is 8.04. The van der Waals surface area contributed by atoms with Crippen molar-refractivity contribution in [1.82, 2.24) is 4.98 Å². The van der Waals surface area contributed by atoms with Gasteiger partial charge < -0.3 is 10.2 Å². The Morgan fingerprint density at radius 3 is 2.70 bits per heavy atom. The van der Waals surface area contributed by atoms with Crippen LogP contribution in [0.15, 0.2) is 69.9 Å². The van der Waals surface area contributed by atoms with Crippen molar-refractivity contribution in [2.24, 2.45) is 0 Å². The summed E-state index contributed by atoms with van der Waals surface area (Å²) in [6, 6.07) is 11.4. The molecule has 3 heterocycles. The van der Waals surface area contributed by atoms with Crippen LogP contribution in [0.2, 0.25) is 0 Å². The van der Waals surface area contributed by atoms with E-state index in [4.69, 9.17) is 0 Å². The lowest BCUT2D eigenvalue weighted by Crippen LogP contribution is -2.24. The van der Waals surface area contributed by atoms with Gasteiger partial charge >= 0.3 is 6.18 Å². The van der Waals surface area contributed by atoms with Gasteiger partial charge in [0.2, 0.25) is 0 Å². The molecular weight excluding hydrogens is 471 g/mol. The van der Waals surface area contributed by atoms with Crippen LogP contribution in [-0.4, -0.2) is 23.8 Å². The number of para-hydroxylation sites is 1. The predicted molar refractivity (Wildman–Crippen MR) is 125 cm³/mol. The molecule has 0 radical (unpaired) electrons. The minimum absolute atomic E-state index is 0.175. The SMILES string of the molecule is CN(C(=O)/C=C/c1csc(/C=C2/Sc3ccccc3NC2=O)c1)c1ccc(C(F)(F)F)nc1. The summed E-state index contributed by atoms with van der Waals surface area (Å²) in [6.07, 6.45) is 1.20. The molecular formula is C23H16F3N3O2S2. The van der Waals surface area contributed by atoms with Gasteiger partial charge in [-0.2, -0.15) is 13.2 Å². The molecule has 0 unspecified atom stereocenters. The second-order valence-electron chi connectivity index (χ2n) is 6.97. The summed E-state index contributed by atoms with van der Waals surface area (Å²) in [5, 5.41) is 4.70. The van der Waals surface area contributed by atoms with Crippen LogP contribution in [0.25, 0.3) is 12.2 Å². The van der Waals surface area contributed by atoms with Gasteiger partial charge in [0.05, 0.1) is 22.5 Å². The molecule has 0 saturated heterocycles. The molecule has 0 atom stereocenters. The number of nitrogens with zero attached hydrogens (tertiary/aromatic N) is 2. The van der Waals surface area contributed by atoms with Gasteiger partial charge in [-0.15, -0.1) is 11.3 Å². The van der Waals surface area contributed by atoms with Crippen molar-refractivity contribution >= 4 is 58.4 Å². The second kappa shape index (κ2) is 9.24. The molecule has 0 bridgehead atoms. The molecule has 10 heteroatoms. The van der Waals surface area contributed by atoms with E-state index in [0.717, 1.165) is 33.3 Å². The van der Waals surface area contributed by atoms with Crippen LogP contribution in [0.1, 0.15) is 16.1 Å². The van der Waals surface area contributed by atoms with Gasteiger partial charge in [0.25, 0.3) is 11.8 Å². The van der Waals surface area contributed by atoms with Crippen molar-refractivity contribution in [3.63, 3.8) is 0 Å². The Labute approximate surface area is 195 Å². The van der Waals surface area contributed by atoms with Crippen molar-refractivity contribution in [3.05, 3.63) is 81.2 Å². The lowest BCUT2D eigenvalue weighted by atomic mass is 10.2. The molecule has 168 valence electrons. The second-order valence-corrected chi connectivity index (χ2v) is 9.00. The lowest BCUT2D eigenvalue weighted by Gasteiger charge is -2.17. The molecule has 0 fully saturated rings. The number of halogens is 3. The summed E-state index contributed by atoms with van der Waals surface area (Å²) in [7, 11) is 1.46. The van der Waals surface area contributed by atoms with E-state index in [1.54, 1.807) is 12.2 Å². The molecule has 5 nitrogen and oxygen atoms in total. The lowest BCUT2D eigenvalue weighted by molar-refractivity contribution is -0.141. The maximum absolute atomic E-state index is 12.6. The molecule has 33 heavy (non-hydrogen) atoms. The van der Waals surface area contributed by atoms with Crippen molar-refractivity contribution in [3.8, 4) is 0 Å². The number of pyridine rings is 1. The van der Waals surface area contributed by atoms with Crippen molar-refractivity contribution in [2.75, 3.05) is 17.3 Å². The van der Waals surface area contributed by atoms with Gasteiger partial charge in [-0.25, -0.2) is 4.98 Å². The normalized spacial score (nSPS) is 14.9. The van der Waals surface area contributed by atoms with Gasteiger partial charge in [-0.1, -0.05) is 23.9 Å². The quantitative estimate of drug-likeness (QED) is 0.464. The molecule has 3 aromatic rings. The van der Waals surface area contributed by atoms with Crippen LogP contribution >= 0.6 is 23.1 Å². The van der Waals surface area contributed by atoms with E-state index in [9.17, 15) is 22.8 Å².